The van der Waals surface area contributed by atoms with Crippen molar-refractivity contribution in [3.05, 3.63) is 28.0 Å². The van der Waals surface area contributed by atoms with Crippen molar-refractivity contribution in [3.8, 4) is 0 Å². The predicted octanol–water partition coefficient (Wildman–Crippen LogP) is 3.55. The third-order valence-corrected chi connectivity index (χ3v) is 3.49. The summed E-state index contributed by atoms with van der Waals surface area (Å²) in [4.78, 5) is 11.8. The van der Waals surface area contributed by atoms with Gasteiger partial charge in [-0.3, -0.25) is 4.68 Å². The van der Waals surface area contributed by atoms with Gasteiger partial charge < -0.3 is 10.1 Å². The number of carbonyl (C=O) groups is 1. The summed E-state index contributed by atoms with van der Waals surface area (Å²) in [7, 11) is 0. The average molecular weight is 401 g/mol. The van der Waals surface area contributed by atoms with Crippen molar-refractivity contribution in [2.75, 3.05) is 0 Å². The molecule has 0 saturated carbocycles. The fourth-order valence-electron chi connectivity index (χ4n) is 2.00. The Bertz CT molecular complexity index is 646. The number of halogens is 1. The van der Waals surface area contributed by atoms with Gasteiger partial charge in [0.15, 0.2) is 0 Å². The Balaban J connectivity index is 2.03. The van der Waals surface area contributed by atoms with E-state index in [4.69, 9.17) is 4.74 Å². The third kappa shape index (κ3) is 4.59. The zero-order valence-electron chi connectivity index (χ0n) is 12.7. The Morgan fingerprint density at radius 3 is 2.86 bits per heavy atom. The van der Waals surface area contributed by atoms with E-state index in [1.165, 1.54) is 0 Å². The molecule has 2 aromatic rings. The highest BCUT2D eigenvalue weighted by Crippen LogP contribution is 2.17. The molecule has 1 unspecified atom stereocenters. The van der Waals surface area contributed by atoms with Crippen LogP contribution in [0.15, 0.2) is 24.4 Å². The number of nitrogens with zero attached hydrogens (tertiary/aromatic N) is 2. The minimum atomic E-state index is -0.488. The van der Waals surface area contributed by atoms with Crippen molar-refractivity contribution in [3.63, 3.8) is 0 Å². The van der Waals surface area contributed by atoms with E-state index in [-0.39, 0.29) is 6.04 Å². The van der Waals surface area contributed by atoms with Crippen LogP contribution in [-0.2, 0) is 11.3 Å². The third-order valence-electron chi connectivity index (χ3n) is 2.82. The van der Waals surface area contributed by atoms with Crippen LogP contribution in [-0.4, -0.2) is 27.5 Å². The molecule has 1 aromatic carbocycles. The lowest BCUT2D eigenvalue weighted by Gasteiger charge is -2.22. The number of benzene rings is 1. The number of carbonyl (C=O) groups excluding carboxylic acids is 1. The second kappa shape index (κ2) is 6.21. The minimum absolute atomic E-state index is 0.0687. The maximum Gasteiger partial charge on any atom is 0.407 e. The van der Waals surface area contributed by atoms with Gasteiger partial charge in [0.05, 0.1) is 18.3 Å². The summed E-state index contributed by atoms with van der Waals surface area (Å²) in [5.41, 5.74) is 0.581. The number of amides is 1. The monoisotopic (exact) mass is 401 g/mol. The normalized spacial score (nSPS) is 13.2. The van der Waals surface area contributed by atoms with E-state index in [9.17, 15) is 4.79 Å². The number of hydrogen-bond acceptors (Lipinski definition) is 3. The molecule has 0 bridgehead atoms. The van der Waals surface area contributed by atoms with Gasteiger partial charge in [-0.2, -0.15) is 5.10 Å². The summed E-state index contributed by atoms with van der Waals surface area (Å²) in [6, 6.07) is 6.12. The van der Waals surface area contributed by atoms with Crippen LogP contribution in [0.4, 0.5) is 4.79 Å². The van der Waals surface area contributed by atoms with E-state index >= 15 is 0 Å². The molecule has 1 atom stereocenters. The van der Waals surface area contributed by atoms with Crippen molar-refractivity contribution >= 4 is 39.6 Å². The Morgan fingerprint density at radius 2 is 2.19 bits per heavy atom. The number of hydrogen-bond donors (Lipinski definition) is 1. The number of aromatic nitrogens is 2. The van der Waals surface area contributed by atoms with E-state index in [1.54, 1.807) is 0 Å². The predicted molar refractivity (Wildman–Crippen MR) is 91.3 cm³/mol. The summed E-state index contributed by atoms with van der Waals surface area (Å²) < 4.78 is 8.32. The summed E-state index contributed by atoms with van der Waals surface area (Å²) in [6.07, 6.45) is 1.44. The Labute approximate surface area is 138 Å². The summed E-state index contributed by atoms with van der Waals surface area (Å²) in [5, 5.41) is 8.31. The lowest BCUT2D eigenvalue weighted by atomic mass is 10.2. The van der Waals surface area contributed by atoms with E-state index in [2.05, 4.69) is 45.1 Å². The first kappa shape index (κ1) is 16.1. The highest BCUT2D eigenvalue weighted by molar-refractivity contribution is 14.1. The van der Waals surface area contributed by atoms with Crippen LogP contribution in [0.25, 0.3) is 10.9 Å². The standard InChI is InChI=1S/C15H20IN3O2/c1-10(18-14(20)21-15(2,3)4)9-19-13-7-12(16)6-5-11(13)8-17-19/h5-8,10H,9H2,1-4H3,(H,18,20). The van der Waals surface area contributed by atoms with Gasteiger partial charge in [0.1, 0.15) is 5.60 Å². The minimum Gasteiger partial charge on any atom is -0.444 e. The van der Waals surface area contributed by atoms with Gasteiger partial charge in [-0.05, 0) is 62.4 Å². The van der Waals surface area contributed by atoms with Crippen molar-refractivity contribution in [2.24, 2.45) is 0 Å². The molecule has 0 fully saturated rings. The number of ether oxygens (including phenoxy) is 1. The number of nitrogens with one attached hydrogen (secondary N) is 1. The van der Waals surface area contributed by atoms with Crippen LogP contribution in [0.5, 0.6) is 0 Å². The second-order valence-electron chi connectivity index (χ2n) is 6.08. The molecule has 0 radical (unpaired) electrons. The molecule has 21 heavy (non-hydrogen) atoms. The van der Waals surface area contributed by atoms with Crippen molar-refractivity contribution in [2.45, 2.75) is 45.9 Å². The van der Waals surface area contributed by atoms with Gasteiger partial charge in [0, 0.05) is 15.0 Å². The molecule has 2 rings (SSSR count). The highest BCUT2D eigenvalue weighted by atomic mass is 127. The zero-order chi connectivity index (χ0) is 15.6. The van der Waals surface area contributed by atoms with E-state index in [1.807, 2.05) is 44.6 Å². The summed E-state index contributed by atoms with van der Waals surface area (Å²) >= 11 is 2.28. The molecular weight excluding hydrogens is 381 g/mol. The molecule has 1 aromatic heterocycles. The largest absolute Gasteiger partial charge is 0.444 e. The molecule has 6 heteroatoms. The Hall–Kier alpha value is -1.31. The van der Waals surface area contributed by atoms with Crippen molar-refractivity contribution in [1.29, 1.82) is 0 Å². The highest BCUT2D eigenvalue weighted by Gasteiger charge is 2.18. The molecule has 1 amide bonds. The van der Waals surface area contributed by atoms with Gasteiger partial charge in [0.2, 0.25) is 0 Å². The lowest BCUT2D eigenvalue weighted by Crippen LogP contribution is -2.39. The first-order valence-corrected chi connectivity index (χ1v) is 7.93. The average Bonchev–Trinajstić information content (AvgIpc) is 2.69. The first-order valence-electron chi connectivity index (χ1n) is 6.85. The molecule has 0 spiro atoms. The van der Waals surface area contributed by atoms with Gasteiger partial charge in [-0.15, -0.1) is 0 Å². The lowest BCUT2D eigenvalue weighted by molar-refractivity contribution is 0.0504. The molecule has 0 saturated heterocycles. The van der Waals surface area contributed by atoms with Gasteiger partial charge in [0.25, 0.3) is 0 Å². The van der Waals surface area contributed by atoms with Crippen LogP contribution in [0.2, 0.25) is 0 Å². The maximum absolute atomic E-state index is 11.8. The molecule has 0 aliphatic carbocycles. The van der Waals surface area contributed by atoms with Crippen molar-refractivity contribution in [1.82, 2.24) is 15.1 Å². The van der Waals surface area contributed by atoms with E-state index in [0.717, 1.165) is 14.5 Å². The van der Waals surface area contributed by atoms with Gasteiger partial charge in [-0.25, -0.2) is 4.79 Å². The fraction of sp³-hybridized carbons (Fsp3) is 0.467. The topological polar surface area (TPSA) is 56.2 Å². The second-order valence-corrected chi connectivity index (χ2v) is 7.32. The maximum atomic E-state index is 11.8. The first-order chi connectivity index (χ1) is 9.74. The van der Waals surface area contributed by atoms with Crippen molar-refractivity contribution < 1.29 is 9.53 Å². The molecular formula is C15H20IN3O2. The van der Waals surface area contributed by atoms with Crippen LogP contribution in [0.1, 0.15) is 27.7 Å². The number of rotatable bonds is 3. The Morgan fingerprint density at radius 1 is 1.48 bits per heavy atom. The Kier molecular flexibility index (Phi) is 4.75. The fourth-order valence-corrected chi connectivity index (χ4v) is 2.48. The van der Waals surface area contributed by atoms with Gasteiger partial charge in [-0.1, -0.05) is 6.07 Å². The summed E-state index contributed by atoms with van der Waals surface area (Å²) in [6.45, 7) is 8.08. The molecule has 1 heterocycles. The zero-order valence-corrected chi connectivity index (χ0v) is 14.8. The molecule has 114 valence electrons. The van der Waals surface area contributed by atoms with Crippen LogP contribution in [0, 0.1) is 3.57 Å². The molecule has 0 aliphatic rings. The van der Waals surface area contributed by atoms with E-state index < -0.39 is 11.7 Å². The quantitative estimate of drug-likeness (QED) is 0.801. The number of alkyl carbamates (subject to hydrolysis) is 1. The smallest absolute Gasteiger partial charge is 0.407 e. The van der Waals surface area contributed by atoms with Crippen LogP contribution >= 0.6 is 22.6 Å². The molecule has 1 N–H and O–H groups in total. The number of fused-ring (bicyclic) bond motifs is 1. The summed E-state index contributed by atoms with van der Waals surface area (Å²) in [5.74, 6) is 0. The molecule has 0 aliphatic heterocycles. The van der Waals surface area contributed by atoms with Crippen LogP contribution < -0.4 is 5.32 Å². The van der Waals surface area contributed by atoms with E-state index in [0.29, 0.717) is 6.54 Å². The van der Waals surface area contributed by atoms with Crippen LogP contribution in [0.3, 0.4) is 0 Å². The SMILES string of the molecule is CC(Cn1ncc2ccc(I)cc21)NC(=O)OC(C)(C)C. The molecule has 5 nitrogen and oxygen atoms in total. The van der Waals surface area contributed by atoms with Gasteiger partial charge >= 0.3 is 6.09 Å².